The van der Waals surface area contributed by atoms with E-state index in [1.807, 2.05) is 0 Å². The van der Waals surface area contributed by atoms with Gasteiger partial charge in [0.15, 0.2) is 16.6 Å². The predicted octanol–water partition coefficient (Wildman–Crippen LogP) is 1.91. The lowest BCUT2D eigenvalue weighted by molar-refractivity contribution is 0.102. The summed E-state index contributed by atoms with van der Waals surface area (Å²) in [7, 11) is 4.45. The minimum atomic E-state index is -0.363. The minimum Gasteiger partial charge on any atom is -0.493 e. The molecular weight excluding hydrogens is 308 g/mol. The van der Waals surface area contributed by atoms with Gasteiger partial charge in [-0.1, -0.05) is 0 Å². The molecule has 0 spiro atoms. The van der Waals surface area contributed by atoms with Crippen molar-refractivity contribution in [2.24, 2.45) is 0 Å². The van der Waals surface area contributed by atoms with Crippen LogP contribution in [0.25, 0.3) is 0 Å². The molecular formula is C14H16N2O5S. The third-order valence-electron chi connectivity index (χ3n) is 2.86. The maximum Gasteiger partial charge on any atom is 0.257 e. The lowest BCUT2D eigenvalue weighted by Crippen LogP contribution is -2.12. The van der Waals surface area contributed by atoms with Crippen LogP contribution >= 0.6 is 11.3 Å². The van der Waals surface area contributed by atoms with Crippen molar-refractivity contribution in [3.05, 3.63) is 28.8 Å². The number of amides is 1. The standard InChI is InChI=1S/C14H16N2O5S/c1-19-10-4-8(5-11(20-2)12(10)21-3)13(18)16-14-15-9(6-17)7-22-14/h4-5,7,17H,6H2,1-3H3,(H,15,16,18). The number of anilines is 1. The van der Waals surface area contributed by atoms with E-state index < -0.39 is 0 Å². The van der Waals surface area contributed by atoms with Gasteiger partial charge in [-0.15, -0.1) is 11.3 Å². The predicted molar refractivity (Wildman–Crippen MR) is 82.1 cm³/mol. The molecule has 0 unspecified atom stereocenters. The van der Waals surface area contributed by atoms with Gasteiger partial charge in [-0.2, -0.15) is 0 Å². The van der Waals surface area contributed by atoms with Crippen molar-refractivity contribution in [3.8, 4) is 17.2 Å². The molecule has 0 bridgehead atoms. The number of carbonyl (C=O) groups excluding carboxylic acids is 1. The number of aliphatic hydroxyl groups excluding tert-OH is 1. The number of hydrogen-bond acceptors (Lipinski definition) is 7. The molecule has 1 aromatic heterocycles. The highest BCUT2D eigenvalue weighted by atomic mass is 32.1. The summed E-state index contributed by atoms with van der Waals surface area (Å²) in [5, 5.41) is 13.7. The molecule has 8 heteroatoms. The fraction of sp³-hybridized carbons (Fsp3) is 0.286. The molecule has 22 heavy (non-hydrogen) atoms. The zero-order chi connectivity index (χ0) is 16.1. The average Bonchev–Trinajstić information content (AvgIpc) is 3.00. The summed E-state index contributed by atoms with van der Waals surface area (Å²) in [5.74, 6) is 0.834. The largest absolute Gasteiger partial charge is 0.493 e. The second-order valence-electron chi connectivity index (χ2n) is 4.17. The van der Waals surface area contributed by atoms with Gasteiger partial charge < -0.3 is 19.3 Å². The number of aromatic nitrogens is 1. The van der Waals surface area contributed by atoms with Gasteiger partial charge in [-0.3, -0.25) is 10.1 Å². The number of hydrogen-bond donors (Lipinski definition) is 2. The number of carbonyl (C=O) groups is 1. The van der Waals surface area contributed by atoms with E-state index in [0.29, 0.717) is 33.6 Å². The molecule has 1 amide bonds. The molecule has 0 radical (unpaired) electrons. The number of nitrogens with zero attached hydrogens (tertiary/aromatic N) is 1. The van der Waals surface area contributed by atoms with E-state index in [1.165, 1.54) is 32.7 Å². The lowest BCUT2D eigenvalue weighted by Gasteiger charge is -2.13. The first kappa shape index (κ1) is 16.1. The van der Waals surface area contributed by atoms with Gasteiger partial charge >= 0.3 is 0 Å². The van der Waals surface area contributed by atoms with Gasteiger partial charge in [0.05, 0.1) is 33.6 Å². The second kappa shape index (κ2) is 7.10. The number of thiazole rings is 1. The highest BCUT2D eigenvalue weighted by Crippen LogP contribution is 2.38. The quantitative estimate of drug-likeness (QED) is 0.844. The van der Waals surface area contributed by atoms with Gasteiger partial charge in [0, 0.05) is 10.9 Å². The van der Waals surface area contributed by atoms with Crippen LogP contribution in [0.1, 0.15) is 16.1 Å². The molecule has 0 saturated carbocycles. The van der Waals surface area contributed by atoms with Crippen LogP contribution in [0.5, 0.6) is 17.2 Å². The minimum absolute atomic E-state index is 0.170. The molecule has 2 rings (SSSR count). The summed E-state index contributed by atoms with van der Waals surface area (Å²) in [5.41, 5.74) is 0.848. The van der Waals surface area contributed by atoms with E-state index in [1.54, 1.807) is 17.5 Å². The third-order valence-corrected chi connectivity index (χ3v) is 3.67. The van der Waals surface area contributed by atoms with Gasteiger partial charge in [0.1, 0.15) is 0 Å². The van der Waals surface area contributed by atoms with Crippen molar-refractivity contribution in [1.29, 1.82) is 0 Å². The molecule has 2 N–H and O–H groups in total. The van der Waals surface area contributed by atoms with Gasteiger partial charge in [0.25, 0.3) is 5.91 Å². The zero-order valence-electron chi connectivity index (χ0n) is 12.4. The van der Waals surface area contributed by atoms with Gasteiger partial charge in [-0.25, -0.2) is 4.98 Å². The van der Waals surface area contributed by atoms with E-state index in [0.717, 1.165) is 0 Å². The number of ether oxygens (including phenoxy) is 3. The first-order chi connectivity index (χ1) is 10.6. The van der Waals surface area contributed by atoms with Crippen molar-refractivity contribution >= 4 is 22.4 Å². The molecule has 1 heterocycles. The van der Waals surface area contributed by atoms with E-state index in [-0.39, 0.29) is 12.5 Å². The Balaban J connectivity index is 2.29. The smallest absolute Gasteiger partial charge is 0.257 e. The molecule has 0 atom stereocenters. The van der Waals surface area contributed by atoms with Crippen LogP contribution < -0.4 is 19.5 Å². The third kappa shape index (κ3) is 3.29. The van der Waals surface area contributed by atoms with E-state index in [4.69, 9.17) is 19.3 Å². The fourth-order valence-corrected chi connectivity index (χ4v) is 2.51. The number of methoxy groups -OCH3 is 3. The molecule has 7 nitrogen and oxygen atoms in total. The molecule has 0 saturated heterocycles. The van der Waals surface area contributed by atoms with Crippen molar-refractivity contribution < 1.29 is 24.1 Å². The van der Waals surface area contributed by atoms with E-state index >= 15 is 0 Å². The van der Waals surface area contributed by atoms with Crippen LogP contribution in [0.2, 0.25) is 0 Å². The molecule has 0 aliphatic carbocycles. The molecule has 0 aliphatic heterocycles. The Morgan fingerprint density at radius 1 is 1.23 bits per heavy atom. The molecule has 2 aromatic rings. The van der Waals surface area contributed by atoms with Crippen LogP contribution in [-0.2, 0) is 6.61 Å². The monoisotopic (exact) mass is 324 g/mol. The number of nitrogens with one attached hydrogen (secondary N) is 1. The lowest BCUT2D eigenvalue weighted by atomic mass is 10.1. The van der Waals surface area contributed by atoms with Crippen molar-refractivity contribution in [2.45, 2.75) is 6.61 Å². The summed E-state index contributed by atoms with van der Waals surface area (Å²) in [6, 6.07) is 3.11. The van der Waals surface area contributed by atoms with E-state index in [9.17, 15) is 4.79 Å². The van der Waals surface area contributed by atoms with Crippen LogP contribution in [0, 0.1) is 0 Å². The van der Waals surface area contributed by atoms with Crippen molar-refractivity contribution in [1.82, 2.24) is 4.98 Å². The summed E-state index contributed by atoms with van der Waals surface area (Å²) < 4.78 is 15.6. The van der Waals surface area contributed by atoms with Crippen LogP contribution in [-0.4, -0.2) is 37.3 Å². The Bertz CT molecular complexity index is 646. The summed E-state index contributed by atoms with van der Waals surface area (Å²) in [4.78, 5) is 16.4. The topological polar surface area (TPSA) is 89.9 Å². The number of rotatable bonds is 6. The second-order valence-corrected chi connectivity index (χ2v) is 5.03. The van der Waals surface area contributed by atoms with Crippen LogP contribution in [0.4, 0.5) is 5.13 Å². The van der Waals surface area contributed by atoms with Crippen LogP contribution in [0.3, 0.4) is 0 Å². The van der Waals surface area contributed by atoms with Crippen molar-refractivity contribution in [3.63, 3.8) is 0 Å². The average molecular weight is 324 g/mol. The first-order valence-electron chi connectivity index (χ1n) is 6.29. The molecule has 0 aliphatic rings. The first-order valence-corrected chi connectivity index (χ1v) is 7.17. The fourth-order valence-electron chi connectivity index (χ4n) is 1.82. The van der Waals surface area contributed by atoms with E-state index in [2.05, 4.69) is 10.3 Å². The Hall–Kier alpha value is -2.32. The number of benzene rings is 1. The normalized spacial score (nSPS) is 10.2. The molecule has 1 aromatic carbocycles. The highest BCUT2D eigenvalue weighted by molar-refractivity contribution is 7.13. The summed E-state index contributed by atoms with van der Waals surface area (Å²) in [6.45, 7) is -0.170. The van der Waals surface area contributed by atoms with Gasteiger partial charge in [0.2, 0.25) is 5.75 Å². The zero-order valence-corrected chi connectivity index (χ0v) is 13.2. The van der Waals surface area contributed by atoms with Crippen molar-refractivity contribution in [2.75, 3.05) is 26.6 Å². The number of aliphatic hydroxyl groups is 1. The van der Waals surface area contributed by atoms with Crippen LogP contribution in [0.15, 0.2) is 17.5 Å². The Morgan fingerprint density at radius 3 is 2.32 bits per heavy atom. The Morgan fingerprint density at radius 2 is 1.86 bits per heavy atom. The molecule has 0 fully saturated rings. The maximum atomic E-state index is 12.3. The van der Waals surface area contributed by atoms with Gasteiger partial charge in [-0.05, 0) is 12.1 Å². The maximum absolute atomic E-state index is 12.3. The molecule has 118 valence electrons. The Labute approximate surface area is 131 Å². The Kier molecular flexibility index (Phi) is 5.18. The summed E-state index contributed by atoms with van der Waals surface area (Å²) in [6.07, 6.45) is 0. The summed E-state index contributed by atoms with van der Waals surface area (Å²) >= 11 is 1.23. The highest BCUT2D eigenvalue weighted by Gasteiger charge is 2.17. The SMILES string of the molecule is COc1cc(C(=O)Nc2nc(CO)cs2)cc(OC)c1OC.